The molecule has 1 unspecified atom stereocenters. The fourth-order valence-electron chi connectivity index (χ4n) is 3.55. The first-order valence-corrected chi connectivity index (χ1v) is 11.9. The highest BCUT2D eigenvalue weighted by Crippen LogP contribution is 2.27. The number of unbranched alkanes of at least 4 members (excludes halogenated alkanes) is 6. The van der Waals surface area contributed by atoms with E-state index in [1.54, 1.807) is 0 Å². The Morgan fingerprint density at radius 1 is 0.963 bits per heavy atom. The molecule has 1 nitrogen and oxygen atoms in total. The molecule has 0 heterocycles. The first kappa shape index (κ1) is 27.0. The van der Waals surface area contributed by atoms with Gasteiger partial charge in [-0.05, 0) is 71.9 Å². The van der Waals surface area contributed by atoms with Gasteiger partial charge in [-0.1, -0.05) is 63.3 Å². The molecule has 0 saturated carbocycles. The lowest BCUT2D eigenvalue weighted by Gasteiger charge is -2.42. The van der Waals surface area contributed by atoms with E-state index >= 15 is 0 Å². The van der Waals surface area contributed by atoms with Gasteiger partial charge in [-0.15, -0.1) is 6.42 Å². The van der Waals surface area contributed by atoms with Gasteiger partial charge in [-0.2, -0.15) is 0 Å². The summed E-state index contributed by atoms with van der Waals surface area (Å²) in [5.41, 5.74) is 1.36. The quantitative estimate of drug-likeness (QED) is 0.0853. The van der Waals surface area contributed by atoms with E-state index in [0.717, 1.165) is 22.5 Å². The number of quaternary nitrogens is 1. The smallest absolute Gasteiger partial charge is 0.144 e. The van der Waals surface area contributed by atoms with Crippen LogP contribution in [0.2, 0.25) is 5.02 Å². The summed E-state index contributed by atoms with van der Waals surface area (Å²) in [7, 11) is 0. The van der Waals surface area contributed by atoms with Gasteiger partial charge in [0, 0.05) is 11.4 Å². The number of hydrogen-bond acceptors (Lipinski definition) is 0. The molecule has 1 atom stereocenters. The van der Waals surface area contributed by atoms with Gasteiger partial charge in [0.2, 0.25) is 0 Å². The third-order valence-electron chi connectivity index (χ3n) is 5.23. The largest absolute Gasteiger partial charge is 1.00 e. The molecule has 0 amide bonds. The van der Waals surface area contributed by atoms with Crippen LogP contribution >= 0.6 is 34.2 Å². The molecular weight excluding hydrogens is 488 g/mol. The van der Waals surface area contributed by atoms with E-state index < -0.39 is 0 Å². The number of hydrogen-bond donors (Lipinski definition) is 0. The summed E-state index contributed by atoms with van der Waals surface area (Å²) in [5, 5.41) is 0.808. The molecule has 0 fully saturated rings. The summed E-state index contributed by atoms with van der Waals surface area (Å²) in [4.78, 5) is 0. The molecular formula is C23H36Cl2IN. The van der Waals surface area contributed by atoms with Crippen molar-refractivity contribution in [2.45, 2.75) is 75.7 Å². The number of nitrogens with zero attached hydrogens (tertiary/aromatic N) is 1. The lowest BCUT2D eigenvalue weighted by molar-refractivity contribution is -0.927. The van der Waals surface area contributed by atoms with Crippen molar-refractivity contribution in [3.63, 3.8) is 0 Å². The van der Waals surface area contributed by atoms with Gasteiger partial charge in [-0.3, -0.25) is 0 Å². The van der Waals surface area contributed by atoms with Gasteiger partial charge in [0.15, 0.2) is 0 Å². The zero-order valence-corrected chi connectivity index (χ0v) is 20.7. The first-order valence-electron chi connectivity index (χ1n) is 10.3. The van der Waals surface area contributed by atoms with Crippen molar-refractivity contribution in [2.75, 3.05) is 19.6 Å². The molecule has 0 aliphatic rings. The molecule has 4 heteroatoms. The van der Waals surface area contributed by atoms with Crippen molar-refractivity contribution >= 4 is 34.2 Å². The maximum atomic E-state index is 6.05. The van der Waals surface area contributed by atoms with Crippen LogP contribution in [0.5, 0.6) is 0 Å². The highest BCUT2D eigenvalue weighted by Gasteiger charge is 2.33. The fraction of sp³-hybridized carbons (Fsp3) is 0.652. The summed E-state index contributed by atoms with van der Waals surface area (Å²) in [6.07, 6.45) is 17.3. The Morgan fingerprint density at radius 3 is 1.93 bits per heavy atom. The van der Waals surface area contributed by atoms with Crippen LogP contribution in [-0.2, 0) is 6.42 Å². The van der Waals surface area contributed by atoms with Gasteiger partial charge in [0.05, 0.1) is 13.1 Å². The van der Waals surface area contributed by atoms with Crippen molar-refractivity contribution in [3.05, 3.63) is 34.9 Å². The van der Waals surface area contributed by atoms with Crippen LogP contribution in [-0.4, -0.2) is 28.2 Å². The van der Waals surface area contributed by atoms with E-state index in [4.69, 9.17) is 18.0 Å². The zero-order valence-electron chi connectivity index (χ0n) is 17.0. The first-order chi connectivity index (χ1) is 12.6. The van der Waals surface area contributed by atoms with Gasteiger partial charge < -0.3 is 16.9 Å². The van der Waals surface area contributed by atoms with E-state index in [0.29, 0.717) is 4.05 Å². The van der Waals surface area contributed by atoms with Crippen LogP contribution < -0.4 is 12.4 Å². The maximum Gasteiger partial charge on any atom is 0.144 e. The third kappa shape index (κ3) is 10.4. The second kappa shape index (κ2) is 15.9. The second-order valence-electron chi connectivity index (χ2n) is 7.41. The Hall–Kier alpha value is 0.0500. The Balaban J connectivity index is 0.00000676. The molecule has 27 heavy (non-hydrogen) atoms. The Labute approximate surface area is 192 Å². The predicted molar refractivity (Wildman–Crippen MR) is 125 cm³/mol. The number of alkyl halides is 1. The van der Waals surface area contributed by atoms with E-state index in [2.05, 4.69) is 54.5 Å². The second-order valence-corrected chi connectivity index (χ2v) is 9.29. The molecule has 0 N–H and O–H groups in total. The average Bonchev–Trinajstić information content (AvgIpc) is 2.64. The predicted octanol–water partition coefficient (Wildman–Crippen LogP) is 4.26. The summed E-state index contributed by atoms with van der Waals surface area (Å²) < 4.78 is 1.57. The van der Waals surface area contributed by atoms with Crippen molar-refractivity contribution in [2.24, 2.45) is 0 Å². The molecule has 154 valence electrons. The lowest BCUT2D eigenvalue weighted by atomic mass is 10.1. The Kier molecular flexibility index (Phi) is 15.9. The molecule has 0 aliphatic heterocycles. The molecule has 0 radical (unpaired) electrons. The molecule has 1 rings (SSSR count). The topological polar surface area (TPSA) is 0 Å². The number of terminal acetylenes is 1. The van der Waals surface area contributed by atoms with Crippen molar-refractivity contribution < 1.29 is 16.9 Å². The monoisotopic (exact) mass is 523 g/mol. The van der Waals surface area contributed by atoms with Crippen LogP contribution in [0.1, 0.15) is 70.8 Å². The average molecular weight is 524 g/mol. The summed E-state index contributed by atoms with van der Waals surface area (Å²) in [6, 6.07) is 8.32. The van der Waals surface area contributed by atoms with Gasteiger partial charge in [-0.25, -0.2) is 0 Å². The lowest BCUT2D eigenvalue weighted by Crippen LogP contribution is -3.00. The van der Waals surface area contributed by atoms with Crippen LogP contribution in [0.3, 0.4) is 0 Å². The minimum Gasteiger partial charge on any atom is -1.00 e. The minimum atomic E-state index is 0. The third-order valence-corrected chi connectivity index (χ3v) is 7.11. The fourth-order valence-corrected chi connectivity index (χ4v) is 4.94. The molecule has 1 aromatic carbocycles. The van der Waals surface area contributed by atoms with Crippen LogP contribution in [0.25, 0.3) is 0 Å². The molecule has 1 aromatic rings. The van der Waals surface area contributed by atoms with Crippen molar-refractivity contribution in [1.29, 1.82) is 0 Å². The number of benzene rings is 1. The summed E-state index contributed by atoms with van der Waals surface area (Å²) in [6.45, 7) is 7.81. The summed E-state index contributed by atoms with van der Waals surface area (Å²) in [5.74, 6) is 3.01. The van der Waals surface area contributed by atoms with Crippen molar-refractivity contribution in [1.82, 2.24) is 0 Å². The van der Waals surface area contributed by atoms with E-state index in [1.165, 1.54) is 70.0 Å². The molecule has 0 saturated heterocycles. The molecule has 0 bridgehead atoms. The van der Waals surface area contributed by atoms with E-state index in [1.807, 2.05) is 12.1 Å². The standard InChI is InChI=1S/C23H36ClIN.ClH/c1-4-7-9-11-18-26(17-6-3,19-12-10-8-5-2)23(25)20-21-13-15-22(24)16-14-21;/h3,13-16,23H,4-5,7-12,17-20H2,1-2H3;1H/q+1;/p-1. The van der Waals surface area contributed by atoms with Crippen LogP contribution in [0, 0.1) is 12.3 Å². The molecule has 0 aromatic heterocycles. The highest BCUT2D eigenvalue weighted by molar-refractivity contribution is 14.1. The molecule has 0 aliphatic carbocycles. The van der Waals surface area contributed by atoms with Crippen LogP contribution in [0.15, 0.2) is 24.3 Å². The van der Waals surface area contributed by atoms with Crippen molar-refractivity contribution in [3.8, 4) is 12.3 Å². The van der Waals surface area contributed by atoms with Gasteiger partial charge >= 0.3 is 0 Å². The van der Waals surface area contributed by atoms with Gasteiger partial charge in [0.25, 0.3) is 0 Å². The summed E-state index contributed by atoms with van der Waals surface area (Å²) >= 11 is 8.71. The normalized spacial score (nSPS) is 12.3. The van der Waals surface area contributed by atoms with E-state index in [9.17, 15) is 0 Å². The number of halogens is 3. The SMILES string of the molecule is C#CC[N+](CCCCCC)(CCCCCC)C(I)Cc1ccc(Cl)cc1.[Cl-]. The zero-order chi connectivity index (χ0) is 19.3. The Bertz CT molecular complexity index is 512. The van der Waals surface area contributed by atoms with Crippen LogP contribution in [0.4, 0.5) is 0 Å². The maximum absolute atomic E-state index is 6.05. The number of rotatable bonds is 14. The highest BCUT2D eigenvalue weighted by atomic mass is 127. The van der Waals surface area contributed by atoms with Gasteiger partial charge in [0.1, 0.15) is 10.6 Å². The van der Waals surface area contributed by atoms with E-state index in [-0.39, 0.29) is 12.4 Å². The Morgan fingerprint density at radius 2 is 1.48 bits per heavy atom. The minimum absolute atomic E-state index is 0. The molecule has 0 spiro atoms.